The maximum atomic E-state index is 12.7. The summed E-state index contributed by atoms with van der Waals surface area (Å²) in [6.07, 6.45) is 1.12. The standard InChI is InChI=1S/C19H21ClN2O4S/c1-26-17-4-2-3-14(13-17)19(23)21-16-9-11-22(12-10-16)27(24,25)18-7-5-15(20)6-8-18/h2-8,13,16H,9-12H2,1H3,(H,21,23). The highest BCUT2D eigenvalue weighted by atomic mass is 35.5. The van der Waals surface area contributed by atoms with Crippen molar-refractivity contribution >= 4 is 27.5 Å². The number of ether oxygens (including phenoxy) is 1. The van der Waals surface area contributed by atoms with Crippen LogP contribution in [-0.4, -0.2) is 44.9 Å². The Balaban J connectivity index is 1.60. The van der Waals surface area contributed by atoms with Gasteiger partial charge in [0, 0.05) is 29.7 Å². The summed E-state index contributed by atoms with van der Waals surface area (Å²) in [6, 6.07) is 13.0. The number of halogens is 1. The average Bonchev–Trinajstić information content (AvgIpc) is 2.69. The average molecular weight is 409 g/mol. The van der Waals surface area contributed by atoms with E-state index in [9.17, 15) is 13.2 Å². The van der Waals surface area contributed by atoms with Crippen molar-refractivity contribution in [1.82, 2.24) is 9.62 Å². The number of carbonyl (C=O) groups excluding carboxylic acids is 1. The van der Waals surface area contributed by atoms with Crippen LogP contribution in [0.25, 0.3) is 0 Å². The molecule has 0 spiro atoms. The van der Waals surface area contributed by atoms with Crippen molar-refractivity contribution in [3.8, 4) is 5.75 Å². The number of amides is 1. The van der Waals surface area contributed by atoms with Gasteiger partial charge in [0.05, 0.1) is 12.0 Å². The molecule has 0 radical (unpaired) electrons. The molecular formula is C19H21ClN2O4S. The van der Waals surface area contributed by atoms with Gasteiger partial charge in [0.2, 0.25) is 10.0 Å². The molecular weight excluding hydrogens is 388 g/mol. The molecule has 0 aliphatic carbocycles. The Hall–Kier alpha value is -2.09. The van der Waals surface area contributed by atoms with Crippen molar-refractivity contribution in [3.63, 3.8) is 0 Å². The molecule has 27 heavy (non-hydrogen) atoms. The van der Waals surface area contributed by atoms with Crippen LogP contribution in [0.2, 0.25) is 5.02 Å². The number of piperidine rings is 1. The molecule has 1 aliphatic rings. The lowest BCUT2D eigenvalue weighted by Gasteiger charge is -2.31. The van der Waals surface area contributed by atoms with Gasteiger partial charge in [0.1, 0.15) is 5.75 Å². The van der Waals surface area contributed by atoms with Gasteiger partial charge in [-0.3, -0.25) is 4.79 Å². The highest BCUT2D eigenvalue weighted by Crippen LogP contribution is 2.22. The third-order valence-corrected chi connectivity index (χ3v) is 6.74. The van der Waals surface area contributed by atoms with E-state index in [0.29, 0.717) is 42.3 Å². The van der Waals surface area contributed by atoms with E-state index in [1.165, 1.54) is 16.4 Å². The summed E-state index contributed by atoms with van der Waals surface area (Å²) in [4.78, 5) is 12.6. The van der Waals surface area contributed by atoms with E-state index in [0.717, 1.165) is 0 Å². The predicted molar refractivity (Wildman–Crippen MR) is 104 cm³/mol. The third-order valence-electron chi connectivity index (χ3n) is 4.57. The molecule has 144 valence electrons. The van der Waals surface area contributed by atoms with Crippen LogP contribution in [0.1, 0.15) is 23.2 Å². The SMILES string of the molecule is COc1cccc(C(=O)NC2CCN(S(=O)(=O)c3ccc(Cl)cc3)CC2)c1. The largest absolute Gasteiger partial charge is 0.497 e. The third kappa shape index (κ3) is 4.61. The fraction of sp³-hybridized carbons (Fsp3) is 0.316. The monoisotopic (exact) mass is 408 g/mol. The van der Waals surface area contributed by atoms with Crippen LogP contribution in [0.15, 0.2) is 53.4 Å². The van der Waals surface area contributed by atoms with Crippen molar-refractivity contribution in [2.75, 3.05) is 20.2 Å². The molecule has 1 fully saturated rings. The maximum absolute atomic E-state index is 12.7. The molecule has 0 aromatic heterocycles. The Morgan fingerprint density at radius 2 is 1.81 bits per heavy atom. The van der Waals surface area contributed by atoms with Crippen molar-refractivity contribution in [2.24, 2.45) is 0 Å². The van der Waals surface area contributed by atoms with E-state index < -0.39 is 10.0 Å². The number of hydrogen-bond acceptors (Lipinski definition) is 4. The zero-order valence-corrected chi connectivity index (χ0v) is 16.5. The van der Waals surface area contributed by atoms with Crippen molar-refractivity contribution in [2.45, 2.75) is 23.8 Å². The highest BCUT2D eigenvalue weighted by Gasteiger charge is 2.30. The maximum Gasteiger partial charge on any atom is 0.251 e. The van der Waals surface area contributed by atoms with E-state index in [-0.39, 0.29) is 16.8 Å². The highest BCUT2D eigenvalue weighted by molar-refractivity contribution is 7.89. The quantitative estimate of drug-likeness (QED) is 0.825. The van der Waals surface area contributed by atoms with E-state index in [2.05, 4.69) is 5.32 Å². The number of rotatable bonds is 5. The topological polar surface area (TPSA) is 75.7 Å². The number of nitrogens with zero attached hydrogens (tertiary/aromatic N) is 1. The van der Waals surface area contributed by atoms with E-state index in [4.69, 9.17) is 16.3 Å². The summed E-state index contributed by atoms with van der Waals surface area (Å²) in [5, 5.41) is 3.47. The van der Waals surface area contributed by atoms with Gasteiger partial charge >= 0.3 is 0 Å². The summed E-state index contributed by atoms with van der Waals surface area (Å²) in [5.74, 6) is 0.430. The number of methoxy groups -OCH3 is 1. The van der Waals surface area contributed by atoms with Gasteiger partial charge in [-0.15, -0.1) is 0 Å². The number of nitrogens with one attached hydrogen (secondary N) is 1. The normalized spacial score (nSPS) is 16.1. The molecule has 1 aliphatic heterocycles. The summed E-state index contributed by atoms with van der Waals surface area (Å²) in [6.45, 7) is 0.710. The first-order chi connectivity index (χ1) is 12.9. The van der Waals surface area contributed by atoms with Crippen molar-refractivity contribution in [3.05, 3.63) is 59.1 Å². The van der Waals surface area contributed by atoms with Gasteiger partial charge in [0.15, 0.2) is 0 Å². The van der Waals surface area contributed by atoms with Crippen molar-refractivity contribution < 1.29 is 17.9 Å². The number of hydrogen-bond donors (Lipinski definition) is 1. The minimum absolute atomic E-state index is 0.0691. The molecule has 0 atom stereocenters. The van der Waals surface area contributed by atoms with Gasteiger partial charge in [-0.2, -0.15) is 4.31 Å². The Bertz CT molecular complexity index is 908. The Morgan fingerprint density at radius 3 is 2.44 bits per heavy atom. The van der Waals surface area contributed by atoms with Gasteiger partial charge < -0.3 is 10.1 Å². The lowest BCUT2D eigenvalue weighted by Crippen LogP contribution is -2.46. The molecule has 2 aromatic rings. The fourth-order valence-electron chi connectivity index (χ4n) is 3.03. The van der Waals surface area contributed by atoms with Crippen LogP contribution in [0.3, 0.4) is 0 Å². The summed E-state index contributed by atoms with van der Waals surface area (Å²) in [7, 11) is -2.00. The summed E-state index contributed by atoms with van der Waals surface area (Å²) >= 11 is 5.83. The first-order valence-electron chi connectivity index (χ1n) is 8.61. The minimum Gasteiger partial charge on any atom is -0.497 e. The molecule has 1 N–H and O–H groups in total. The molecule has 0 saturated carbocycles. The number of sulfonamides is 1. The summed E-state index contributed by atoms with van der Waals surface area (Å²) < 4.78 is 32.0. The molecule has 2 aromatic carbocycles. The first kappa shape index (κ1) is 19.7. The van der Waals surface area contributed by atoms with Crippen LogP contribution >= 0.6 is 11.6 Å². The van der Waals surface area contributed by atoms with Crippen molar-refractivity contribution in [1.29, 1.82) is 0 Å². The first-order valence-corrected chi connectivity index (χ1v) is 10.4. The molecule has 8 heteroatoms. The smallest absolute Gasteiger partial charge is 0.251 e. The minimum atomic E-state index is -3.55. The van der Waals surface area contributed by atoms with Crippen LogP contribution < -0.4 is 10.1 Å². The van der Waals surface area contributed by atoms with Gasteiger partial charge in [-0.1, -0.05) is 17.7 Å². The molecule has 1 amide bonds. The molecule has 0 unspecified atom stereocenters. The van der Waals surface area contributed by atoms with Gasteiger partial charge in [0.25, 0.3) is 5.91 Å². The van der Waals surface area contributed by atoms with Crippen LogP contribution in [0.4, 0.5) is 0 Å². The Labute approximate surface area is 164 Å². The molecule has 0 bridgehead atoms. The van der Waals surface area contributed by atoms with Crippen LogP contribution in [0, 0.1) is 0 Å². The van der Waals surface area contributed by atoms with Gasteiger partial charge in [-0.25, -0.2) is 8.42 Å². The van der Waals surface area contributed by atoms with Crippen LogP contribution in [-0.2, 0) is 10.0 Å². The molecule has 1 saturated heterocycles. The molecule has 1 heterocycles. The second-order valence-electron chi connectivity index (χ2n) is 6.34. The lowest BCUT2D eigenvalue weighted by molar-refractivity contribution is 0.0923. The van der Waals surface area contributed by atoms with E-state index in [1.807, 2.05) is 0 Å². The zero-order chi connectivity index (χ0) is 19.4. The van der Waals surface area contributed by atoms with Crippen LogP contribution in [0.5, 0.6) is 5.75 Å². The van der Waals surface area contributed by atoms with E-state index >= 15 is 0 Å². The zero-order valence-electron chi connectivity index (χ0n) is 14.9. The number of carbonyl (C=O) groups is 1. The van der Waals surface area contributed by atoms with E-state index in [1.54, 1.807) is 43.5 Å². The lowest BCUT2D eigenvalue weighted by atomic mass is 10.1. The number of benzene rings is 2. The summed E-state index contributed by atoms with van der Waals surface area (Å²) in [5.41, 5.74) is 0.519. The Kier molecular flexibility index (Phi) is 6.04. The molecule has 6 nitrogen and oxygen atoms in total. The predicted octanol–water partition coefficient (Wildman–Crippen LogP) is 2.93. The molecule has 3 rings (SSSR count). The fourth-order valence-corrected chi connectivity index (χ4v) is 4.62. The van der Waals surface area contributed by atoms with Gasteiger partial charge in [-0.05, 0) is 55.3 Å². The second-order valence-corrected chi connectivity index (χ2v) is 8.71. The second kappa shape index (κ2) is 8.29. The Morgan fingerprint density at radius 1 is 1.15 bits per heavy atom.